The minimum atomic E-state index is -1.14. The molecule has 0 unspecified atom stereocenters. The van der Waals surface area contributed by atoms with Gasteiger partial charge in [-0.15, -0.1) is 11.8 Å². The number of anilines is 2. The molecule has 8 heteroatoms. The van der Waals surface area contributed by atoms with Gasteiger partial charge in [0.05, 0.1) is 0 Å². The van der Waals surface area contributed by atoms with Crippen LogP contribution in [-0.4, -0.2) is 35.1 Å². The fourth-order valence-corrected chi connectivity index (χ4v) is 3.57. The Morgan fingerprint density at radius 3 is 2.45 bits per heavy atom. The van der Waals surface area contributed by atoms with Crippen LogP contribution in [-0.2, 0) is 12.3 Å². The van der Waals surface area contributed by atoms with E-state index in [2.05, 4.69) is 15.3 Å². The molecular formula is C21H21FN4O2S. The molecule has 0 fully saturated rings. The molecule has 0 aliphatic rings. The molecule has 6 nitrogen and oxygen atoms in total. The van der Waals surface area contributed by atoms with E-state index >= 15 is 0 Å². The van der Waals surface area contributed by atoms with Gasteiger partial charge >= 0.3 is 5.97 Å². The molecule has 0 bridgehead atoms. The van der Waals surface area contributed by atoms with Gasteiger partial charge in [0.25, 0.3) is 0 Å². The summed E-state index contributed by atoms with van der Waals surface area (Å²) in [6, 6.07) is 16.1. The first-order chi connectivity index (χ1) is 14.0. The summed E-state index contributed by atoms with van der Waals surface area (Å²) in [7, 11) is 3.56. The maximum absolute atomic E-state index is 13.9. The first kappa shape index (κ1) is 20.6. The molecule has 0 saturated heterocycles. The number of aromatic carboxylic acids is 1. The van der Waals surface area contributed by atoms with Crippen molar-refractivity contribution in [1.29, 1.82) is 0 Å². The van der Waals surface area contributed by atoms with Gasteiger partial charge in [-0.3, -0.25) is 0 Å². The van der Waals surface area contributed by atoms with Crippen LogP contribution in [0, 0.1) is 5.82 Å². The smallest absolute Gasteiger partial charge is 0.342 e. The maximum Gasteiger partial charge on any atom is 0.342 e. The van der Waals surface area contributed by atoms with Gasteiger partial charge in [0.15, 0.2) is 0 Å². The Balaban J connectivity index is 1.93. The average Bonchev–Trinajstić information content (AvgIpc) is 2.71. The zero-order valence-corrected chi connectivity index (χ0v) is 16.9. The van der Waals surface area contributed by atoms with Gasteiger partial charge in [-0.2, -0.15) is 4.98 Å². The highest BCUT2D eigenvalue weighted by Gasteiger charge is 2.22. The van der Waals surface area contributed by atoms with E-state index in [0.717, 1.165) is 5.56 Å². The Labute approximate surface area is 172 Å². The quantitative estimate of drug-likeness (QED) is 0.422. The highest BCUT2D eigenvalue weighted by atomic mass is 32.2. The van der Waals surface area contributed by atoms with Gasteiger partial charge in [-0.05, 0) is 11.6 Å². The summed E-state index contributed by atoms with van der Waals surface area (Å²) in [5, 5.41) is 13.1. The number of rotatable bonds is 8. The number of aromatic nitrogens is 2. The number of benzene rings is 2. The lowest BCUT2D eigenvalue weighted by molar-refractivity contribution is 0.0693. The number of carboxylic acid groups (broad SMARTS) is 1. The third kappa shape index (κ3) is 5.23. The van der Waals surface area contributed by atoms with Crippen molar-refractivity contribution < 1.29 is 14.3 Å². The lowest BCUT2D eigenvalue weighted by Gasteiger charge is -2.17. The number of hydrogen-bond donors (Lipinski definition) is 2. The zero-order chi connectivity index (χ0) is 20.8. The molecule has 0 amide bonds. The monoisotopic (exact) mass is 412 g/mol. The van der Waals surface area contributed by atoms with Crippen LogP contribution in [0.25, 0.3) is 0 Å². The molecule has 3 rings (SSSR count). The normalized spacial score (nSPS) is 10.6. The number of carbonyl (C=O) groups is 1. The van der Waals surface area contributed by atoms with E-state index in [0.29, 0.717) is 22.3 Å². The summed E-state index contributed by atoms with van der Waals surface area (Å²) in [5.41, 5.74) is 1.46. The summed E-state index contributed by atoms with van der Waals surface area (Å²) in [4.78, 5) is 22.5. The molecule has 3 aromatic rings. The van der Waals surface area contributed by atoms with E-state index in [9.17, 15) is 14.3 Å². The highest BCUT2D eigenvalue weighted by molar-refractivity contribution is 7.98. The second kappa shape index (κ2) is 9.38. The fourth-order valence-electron chi connectivity index (χ4n) is 2.60. The second-order valence-electron chi connectivity index (χ2n) is 6.47. The van der Waals surface area contributed by atoms with Crippen molar-refractivity contribution in [3.05, 3.63) is 77.1 Å². The van der Waals surface area contributed by atoms with Gasteiger partial charge in [0, 0.05) is 32.0 Å². The molecule has 1 heterocycles. The summed E-state index contributed by atoms with van der Waals surface area (Å²) in [6.45, 7) is 0.111. The third-order valence-corrected chi connectivity index (χ3v) is 5.15. The van der Waals surface area contributed by atoms with Crippen LogP contribution in [0.4, 0.5) is 16.2 Å². The molecule has 0 radical (unpaired) electrons. The SMILES string of the molecule is CN(C)c1nc(NCc2ccccc2F)c(C(=O)O)c(SCc2ccccc2)n1. The Morgan fingerprint density at radius 1 is 1.10 bits per heavy atom. The van der Waals surface area contributed by atoms with E-state index in [4.69, 9.17) is 0 Å². The number of carboxylic acids is 1. The van der Waals surface area contributed by atoms with Crippen molar-refractivity contribution in [2.75, 3.05) is 24.3 Å². The molecule has 1 aromatic heterocycles. The summed E-state index contributed by atoms with van der Waals surface area (Å²) in [5.74, 6) is -0.395. The van der Waals surface area contributed by atoms with E-state index in [1.807, 2.05) is 30.3 Å². The van der Waals surface area contributed by atoms with E-state index < -0.39 is 5.97 Å². The minimum Gasteiger partial charge on any atom is -0.477 e. The standard InChI is InChI=1S/C21H21FN4O2S/c1-26(2)21-24-18(23-12-15-10-6-7-11-16(15)22)17(20(27)28)19(25-21)29-13-14-8-4-3-5-9-14/h3-11H,12-13H2,1-2H3,(H,27,28)(H,23,24,25). The molecule has 150 valence electrons. The van der Waals surface area contributed by atoms with Crippen molar-refractivity contribution in [3.8, 4) is 0 Å². The Kier molecular flexibility index (Phi) is 6.66. The van der Waals surface area contributed by atoms with Crippen molar-refractivity contribution in [2.24, 2.45) is 0 Å². The van der Waals surface area contributed by atoms with Crippen LogP contribution >= 0.6 is 11.8 Å². The molecule has 0 aliphatic carbocycles. The topological polar surface area (TPSA) is 78.4 Å². The van der Waals surface area contributed by atoms with E-state index in [-0.39, 0.29) is 23.7 Å². The van der Waals surface area contributed by atoms with Gasteiger partial charge < -0.3 is 15.3 Å². The predicted octanol–water partition coefficient (Wildman–Crippen LogP) is 4.28. The number of nitrogens with zero attached hydrogens (tertiary/aromatic N) is 3. The molecule has 2 N–H and O–H groups in total. The van der Waals surface area contributed by atoms with Crippen LogP contribution in [0.3, 0.4) is 0 Å². The Hall–Kier alpha value is -3.13. The number of nitrogens with one attached hydrogen (secondary N) is 1. The van der Waals surface area contributed by atoms with Gasteiger partial charge in [0.1, 0.15) is 22.2 Å². The molecular weight excluding hydrogens is 391 g/mol. The van der Waals surface area contributed by atoms with E-state index in [1.54, 1.807) is 37.2 Å². The molecule has 0 aliphatic heterocycles. The van der Waals surface area contributed by atoms with Crippen LogP contribution in [0.1, 0.15) is 21.5 Å². The van der Waals surface area contributed by atoms with Crippen molar-refractivity contribution in [3.63, 3.8) is 0 Å². The number of halogens is 1. The largest absolute Gasteiger partial charge is 0.477 e. The maximum atomic E-state index is 13.9. The lowest BCUT2D eigenvalue weighted by Crippen LogP contribution is -2.18. The van der Waals surface area contributed by atoms with Crippen LogP contribution in [0.2, 0.25) is 0 Å². The molecule has 0 atom stereocenters. The first-order valence-corrected chi connectivity index (χ1v) is 9.91. The Bertz CT molecular complexity index is 999. The zero-order valence-electron chi connectivity index (χ0n) is 16.1. The van der Waals surface area contributed by atoms with Crippen LogP contribution in [0.5, 0.6) is 0 Å². The third-order valence-electron chi connectivity index (χ3n) is 4.10. The van der Waals surface area contributed by atoms with Crippen molar-refractivity contribution in [2.45, 2.75) is 17.3 Å². The van der Waals surface area contributed by atoms with Crippen LogP contribution < -0.4 is 10.2 Å². The van der Waals surface area contributed by atoms with Crippen molar-refractivity contribution in [1.82, 2.24) is 9.97 Å². The molecule has 29 heavy (non-hydrogen) atoms. The van der Waals surface area contributed by atoms with Gasteiger partial charge in [-0.25, -0.2) is 14.2 Å². The predicted molar refractivity (Wildman–Crippen MR) is 113 cm³/mol. The fraction of sp³-hybridized carbons (Fsp3) is 0.190. The number of thioether (sulfide) groups is 1. The lowest BCUT2D eigenvalue weighted by atomic mass is 10.2. The Morgan fingerprint density at radius 2 is 1.79 bits per heavy atom. The first-order valence-electron chi connectivity index (χ1n) is 8.92. The molecule has 2 aromatic carbocycles. The summed E-state index contributed by atoms with van der Waals surface area (Å²) in [6.07, 6.45) is 0. The molecule has 0 saturated carbocycles. The van der Waals surface area contributed by atoms with Gasteiger partial charge in [-0.1, -0.05) is 48.5 Å². The summed E-state index contributed by atoms with van der Waals surface area (Å²) < 4.78 is 13.9. The van der Waals surface area contributed by atoms with Crippen LogP contribution in [0.15, 0.2) is 59.6 Å². The van der Waals surface area contributed by atoms with Gasteiger partial charge in [0.2, 0.25) is 5.95 Å². The minimum absolute atomic E-state index is 0.0205. The summed E-state index contributed by atoms with van der Waals surface area (Å²) >= 11 is 1.33. The van der Waals surface area contributed by atoms with E-state index in [1.165, 1.54) is 17.8 Å². The molecule has 0 spiro atoms. The average molecular weight is 412 g/mol. The second-order valence-corrected chi connectivity index (χ2v) is 7.44. The number of hydrogen-bond acceptors (Lipinski definition) is 6. The highest BCUT2D eigenvalue weighted by Crippen LogP contribution is 2.30. The van der Waals surface area contributed by atoms with Crippen molar-refractivity contribution >= 4 is 29.5 Å².